The van der Waals surface area contributed by atoms with E-state index in [9.17, 15) is 5.11 Å². The number of para-hydroxylation sites is 2. The molecule has 4 aliphatic carbocycles. The van der Waals surface area contributed by atoms with Gasteiger partial charge in [0.1, 0.15) is 5.75 Å². The smallest absolute Gasteiger partial charge is 0.142 e. The summed E-state index contributed by atoms with van der Waals surface area (Å²) < 4.78 is 12.0. The van der Waals surface area contributed by atoms with Crippen molar-refractivity contribution in [3.63, 3.8) is 0 Å². The maximum absolute atomic E-state index is 10.7. The molecule has 1 aromatic carbocycles. The van der Waals surface area contributed by atoms with Gasteiger partial charge < -0.3 is 19.5 Å². The second kappa shape index (κ2) is 8.09. The Morgan fingerprint density at radius 2 is 1.62 bits per heavy atom. The molecule has 5 aliphatic rings. The first-order valence-corrected chi connectivity index (χ1v) is 11.5. The highest BCUT2D eigenvalue weighted by Crippen LogP contribution is 2.57. The number of aliphatic hydroxyl groups excluding tert-OH is 1. The van der Waals surface area contributed by atoms with Crippen LogP contribution in [-0.2, 0) is 4.74 Å². The highest BCUT2D eigenvalue weighted by atomic mass is 16.5. The predicted molar refractivity (Wildman–Crippen MR) is 115 cm³/mol. The Bertz CT molecular complexity index is 666. The van der Waals surface area contributed by atoms with Crippen molar-refractivity contribution in [2.45, 2.75) is 50.2 Å². The molecule has 5 fully saturated rings. The summed E-state index contributed by atoms with van der Waals surface area (Å²) in [6, 6.07) is 8.23. The van der Waals surface area contributed by atoms with Crippen molar-refractivity contribution in [1.82, 2.24) is 4.90 Å². The molecule has 1 aliphatic heterocycles. The van der Waals surface area contributed by atoms with Gasteiger partial charge in [-0.25, -0.2) is 0 Å². The number of β-amino-alcohol motifs (C(OH)–C–C–N with tert-alkyl or cyclic N) is 1. The molecular formula is C24H36N2O3. The van der Waals surface area contributed by atoms with Gasteiger partial charge in [0.15, 0.2) is 0 Å². The second-order valence-electron chi connectivity index (χ2n) is 10.0. The zero-order valence-corrected chi connectivity index (χ0v) is 17.8. The Labute approximate surface area is 175 Å². The van der Waals surface area contributed by atoms with Crippen LogP contribution in [0.1, 0.15) is 38.5 Å². The molecule has 4 saturated carbocycles. The van der Waals surface area contributed by atoms with Crippen LogP contribution in [0, 0.1) is 17.8 Å². The molecule has 1 saturated heterocycles. The fourth-order valence-electron chi connectivity index (χ4n) is 6.89. The van der Waals surface area contributed by atoms with E-state index >= 15 is 0 Å². The number of benzene rings is 1. The summed E-state index contributed by atoms with van der Waals surface area (Å²) in [5.41, 5.74) is 1.26. The molecule has 1 heterocycles. The zero-order chi connectivity index (χ0) is 19.8. The van der Waals surface area contributed by atoms with Gasteiger partial charge in [-0.15, -0.1) is 0 Å². The van der Waals surface area contributed by atoms with E-state index in [1.54, 1.807) is 7.11 Å². The number of aliphatic hydroxyl groups is 1. The van der Waals surface area contributed by atoms with E-state index in [2.05, 4.69) is 21.9 Å². The molecule has 0 spiro atoms. The second-order valence-corrected chi connectivity index (χ2v) is 10.0. The lowest BCUT2D eigenvalue weighted by Gasteiger charge is -2.56. The highest BCUT2D eigenvalue weighted by molar-refractivity contribution is 5.58. The summed E-state index contributed by atoms with van der Waals surface area (Å²) in [6.07, 6.45) is 7.63. The van der Waals surface area contributed by atoms with Crippen LogP contribution in [0.4, 0.5) is 5.69 Å². The fourth-order valence-corrected chi connectivity index (χ4v) is 6.89. The van der Waals surface area contributed by atoms with Gasteiger partial charge in [-0.05, 0) is 68.4 Å². The number of methoxy groups -OCH3 is 1. The van der Waals surface area contributed by atoms with Gasteiger partial charge in [0.2, 0.25) is 0 Å². The third-order valence-electron chi connectivity index (χ3n) is 7.83. The average Bonchev–Trinajstić information content (AvgIpc) is 2.72. The molecule has 5 heteroatoms. The zero-order valence-electron chi connectivity index (χ0n) is 17.8. The van der Waals surface area contributed by atoms with Gasteiger partial charge >= 0.3 is 0 Å². The Morgan fingerprint density at radius 1 is 1.00 bits per heavy atom. The normalized spacial score (nSPS) is 35.1. The Balaban J connectivity index is 1.09. The van der Waals surface area contributed by atoms with Gasteiger partial charge in [-0.2, -0.15) is 0 Å². The lowest BCUT2D eigenvalue weighted by Crippen LogP contribution is -2.53. The number of hydrogen-bond donors (Lipinski definition) is 1. The molecule has 1 aromatic rings. The summed E-state index contributed by atoms with van der Waals surface area (Å²) in [5.74, 6) is 3.61. The standard InChI is InChI=1S/C24H36N2O3/c1-28-23-5-3-2-4-22(23)26-8-6-25(7-9-26)16-21(27)17-29-24-13-18-10-19(14-24)12-20(11-18)15-24/h2-5,18-21,27H,6-17H2,1H3/t18?,19?,20?,21-,24?/m1/s1. The molecule has 6 rings (SSSR count). The average molecular weight is 401 g/mol. The van der Waals surface area contributed by atoms with Gasteiger partial charge in [-0.3, -0.25) is 4.90 Å². The maximum atomic E-state index is 10.7. The lowest BCUT2D eigenvalue weighted by molar-refractivity contribution is -0.176. The number of rotatable bonds is 7. The molecule has 5 nitrogen and oxygen atoms in total. The van der Waals surface area contributed by atoms with Crippen molar-refractivity contribution in [3.8, 4) is 5.75 Å². The van der Waals surface area contributed by atoms with Gasteiger partial charge in [0, 0.05) is 32.7 Å². The number of anilines is 1. The molecule has 4 bridgehead atoms. The van der Waals surface area contributed by atoms with Gasteiger partial charge in [0.25, 0.3) is 0 Å². The SMILES string of the molecule is COc1ccccc1N1CCN(C[C@@H](O)COC23CC4CC(CC(C4)C2)C3)CC1. The van der Waals surface area contributed by atoms with Crippen LogP contribution in [0.5, 0.6) is 5.75 Å². The minimum atomic E-state index is -0.388. The van der Waals surface area contributed by atoms with Crippen molar-refractivity contribution in [3.05, 3.63) is 24.3 Å². The minimum Gasteiger partial charge on any atom is -0.495 e. The van der Waals surface area contributed by atoms with Crippen molar-refractivity contribution < 1.29 is 14.6 Å². The minimum absolute atomic E-state index is 0.0955. The van der Waals surface area contributed by atoms with E-state index in [-0.39, 0.29) is 11.7 Å². The Kier molecular flexibility index (Phi) is 5.48. The van der Waals surface area contributed by atoms with Crippen LogP contribution in [0.25, 0.3) is 0 Å². The number of nitrogens with zero attached hydrogens (tertiary/aromatic N) is 2. The highest BCUT2D eigenvalue weighted by Gasteiger charge is 2.51. The quantitative estimate of drug-likeness (QED) is 0.762. The first kappa shape index (κ1) is 19.7. The van der Waals surface area contributed by atoms with Crippen molar-refractivity contribution in [1.29, 1.82) is 0 Å². The summed E-state index contributed by atoms with van der Waals surface area (Å²) in [6.45, 7) is 5.07. The Morgan fingerprint density at radius 3 is 2.24 bits per heavy atom. The third-order valence-corrected chi connectivity index (χ3v) is 7.83. The molecule has 0 amide bonds. The topological polar surface area (TPSA) is 45.2 Å². The first-order valence-electron chi connectivity index (χ1n) is 11.5. The molecule has 160 valence electrons. The lowest BCUT2D eigenvalue weighted by atomic mass is 9.54. The summed E-state index contributed by atoms with van der Waals surface area (Å²) in [5, 5.41) is 10.7. The predicted octanol–water partition coefficient (Wildman–Crippen LogP) is 3.16. The molecule has 0 unspecified atom stereocenters. The monoisotopic (exact) mass is 400 g/mol. The number of hydrogen-bond acceptors (Lipinski definition) is 5. The third kappa shape index (κ3) is 4.14. The van der Waals surface area contributed by atoms with E-state index in [1.807, 2.05) is 12.1 Å². The number of piperazine rings is 1. The molecule has 0 radical (unpaired) electrons. The van der Waals surface area contributed by atoms with Crippen LogP contribution in [0.2, 0.25) is 0 Å². The largest absolute Gasteiger partial charge is 0.495 e. The van der Waals surface area contributed by atoms with E-state index < -0.39 is 0 Å². The van der Waals surface area contributed by atoms with E-state index in [0.29, 0.717) is 13.2 Å². The van der Waals surface area contributed by atoms with Gasteiger partial charge in [-0.1, -0.05) is 12.1 Å². The van der Waals surface area contributed by atoms with Crippen molar-refractivity contribution in [2.75, 3.05) is 51.3 Å². The summed E-state index contributed by atoms with van der Waals surface area (Å²) >= 11 is 0. The van der Waals surface area contributed by atoms with E-state index in [1.165, 1.54) is 44.2 Å². The number of ether oxygens (including phenoxy) is 2. The van der Waals surface area contributed by atoms with Crippen LogP contribution >= 0.6 is 0 Å². The molecule has 0 aromatic heterocycles. The van der Waals surface area contributed by atoms with Crippen LogP contribution < -0.4 is 9.64 Å². The Hall–Kier alpha value is -1.30. The van der Waals surface area contributed by atoms with Crippen LogP contribution in [0.15, 0.2) is 24.3 Å². The first-order chi connectivity index (χ1) is 14.1. The van der Waals surface area contributed by atoms with Crippen molar-refractivity contribution >= 4 is 5.69 Å². The molecule has 1 N–H and O–H groups in total. The fraction of sp³-hybridized carbons (Fsp3) is 0.750. The van der Waals surface area contributed by atoms with Gasteiger partial charge in [0.05, 0.1) is 31.1 Å². The van der Waals surface area contributed by atoms with Crippen LogP contribution in [-0.4, -0.2) is 68.2 Å². The molecular weight excluding hydrogens is 364 g/mol. The van der Waals surface area contributed by atoms with Crippen molar-refractivity contribution in [2.24, 2.45) is 17.8 Å². The van der Waals surface area contributed by atoms with E-state index in [4.69, 9.17) is 9.47 Å². The molecule has 29 heavy (non-hydrogen) atoms. The van der Waals surface area contributed by atoms with Crippen LogP contribution in [0.3, 0.4) is 0 Å². The van der Waals surface area contributed by atoms with E-state index in [0.717, 1.165) is 49.7 Å². The summed E-state index contributed by atoms with van der Waals surface area (Å²) in [4.78, 5) is 4.76. The molecule has 1 atom stereocenters. The summed E-state index contributed by atoms with van der Waals surface area (Å²) in [7, 11) is 1.73. The maximum Gasteiger partial charge on any atom is 0.142 e.